The van der Waals surface area contributed by atoms with Gasteiger partial charge in [-0.25, -0.2) is 0 Å². The number of hydrogen-bond acceptors (Lipinski definition) is 2. The molecule has 0 aliphatic rings. The van der Waals surface area contributed by atoms with Gasteiger partial charge in [-0.15, -0.1) is 0 Å². The summed E-state index contributed by atoms with van der Waals surface area (Å²) in [5.74, 6) is -0.201. The third kappa shape index (κ3) is 7.10. The average Bonchev–Trinajstić information content (AvgIpc) is 2.28. The topological polar surface area (TPSA) is 26.3 Å². The predicted octanol–water partition coefficient (Wildman–Crippen LogP) is 2.98. The summed E-state index contributed by atoms with van der Waals surface area (Å²) in [6, 6.07) is 9.67. The van der Waals surface area contributed by atoms with Crippen LogP contribution in [0.2, 0.25) is 6.32 Å². The lowest BCUT2D eigenvalue weighted by molar-refractivity contribution is -0.148. The van der Waals surface area contributed by atoms with Crippen LogP contribution in [-0.2, 0) is 16.1 Å². The molecule has 0 aromatic heterocycles. The Morgan fingerprint density at radius 2 is 1.81 bits per heavy atom. The second-order valence-electron chi connectivity index (χ2n) is 3.66. The fourth-order valence-corrected chi connectivity index (χ4v) is 0.895. The zero-order valence-corrected chi connectivity index (χ0v) is 10.3. The quantitative estimate of drug-likeness (QED) is 0.575. The van der Waals surface area contributed by atoms with E-state index in [0.717, 1.165) is 11.9 Å². The van der Waals surface area contributed by atoms with Crippen molar-refractivity contribution in [3.8, 4) is 0 Å². The van der Waals surface area contributed by atoms with Crippen LogP contribution in [0.3, 0.4) is 0 Å². The number of rotatable bonds is 3. The normalized spacial score (nSPS) is 9.25. The van der Waals surface area contributed by atoms with E-state index in [2.05, 4.69) is 0 Å². The lowest BCUT2D eigenvalue weighted by atomic mass is 10.1. The SMILES string of the molecule is CC(C)C(=O)OCc1ccccc1.[B]CC. The Kier molecular flexibility index (Phi) is 8.31. The molecule has 3 heteroatoms. The van der Waals surface area contributed by atoms with Gasteiger partial charge >= 0.3 is 5.97 Å². The molecular formula is C13H19BO2. The minimum absolute atomic E-state index is 0.0521. The summed E-state index contributed by atoms with van der Waals surface area (Å²) in [6.45, 7) is 5.93. The van der Waals surface area contributed by atoms with Gasteiger partial charge in [0.1, 0.15) is 6.61 Å². The van der Waals surface area contributed by atoms with Crippen LogP contribution in [0.25, 0.3) is 0 Å². The third-order valence-electron chi connectivity index (χ3n) is 1.70. The summed E-state index contributed by atoms with van der Waals surface area (Å²) in [7, 11) is 4.85. The first-order valence-electron chi connectivity index (χ1n) is 5.52. The van der Waals surface area contributed by atoms with Crippen molar-refractivity contribution in [2.75, 3.05) is 0 Å². The largest absolute Gasteiger partial charge is 0.461 e. The van der Waals surface area contributed by atoms with E-state index in [1.807, 2.05) is 51.1 Å². The van der Waals surface area contributed by atoms with Crippen molar-refractivity contribution in [2.45, 2.75) is 33.7 Å². The number of carbonyl (C=O) groups excluding carboxylic acids is 1. The molecule has 0 aliphatic carbocycles. The summed E-state index contributed by atoms with van der Waals surface area (Å²) in [4.78, 5) is 11.1. The van der Waals surface area contributed by atoms with E-state index in [1.54, 1.807) is 0 Å². The van der Waals surface area contributed by atoms with Crippen LogP contribution >= 0.6 is 0 Å². The highest BCUT2D eigenvalue weighted by Gasteiger charge is 2.07. The molecule has 1 aromatic rings. The number of ether oxygens (including phenoxy) is 1. The first kappa shape index (κ1) is 14.8. The molecule has 0 bridgehead atoms. The van der Waals surface area contributed by atoms with Gasteiger partial charge in [-0.05, 0) is 5.56 Å². The van der Waals surface area contributed by atoms with E-state index < -0.39 is 0 Å². The third-order valence-corrected chi connectivity index (χ3v) is 1.70. The van der Waals surface area contributed by atoms with E-state index in [9.17, 15) is 4.79 Å². The lowest BCUT2D eigenvalue weighted by Gasteiger charge is -2.06. The molecule has 2 nitrogen and oxygen atoms in total. The Morgan fingerprint density at radius 3 is 2.25 bits per heavy atom. The molecule has 1 rings (SSSR count). The monoisotopic (exact) mass is 218 g/mol. The molecular weight excluding hydrogens is 199 g/mol. The lowest BCUT2D eigenvalue weighted by Crippen LogP contribution is -2.11. The molecule has 16 heavy (non-hydrogen) atoms. The van der Waals surface area contributed by atoms with Crippen molar-refractivity contribution in [1.82, 2.24) is 0 Å². The number of benzene rings is 1. The molecule has 0 fully saturated rings. The van der Waals surface area contributed by atoms with E-state index in [1.165, 1.54) is 0 Å². The fourth-order valence-electron chi connectivity index (χ4n) is 0.895. The summed E-state index contributed by atoms with van der Waals surface area (Å²) >= 11 is 0. The summed E-state index contributed by atoms with van der Waals surface area (Å²) < 4.78 is 5.05. The molecule has 0 unspecified atom stereocenters. The molecule has 0 heterocycles. The minimum Gasteiger partial charge on any atom is -0.461 e. The molecule has 86 valence electrons. The summed E-state index contributed by atoms with van der Waals surface area (Å²) in [6.07, 6.45) is 0.750. The molecule has 0 N–H and O–H groups in total. The molecule has 0 spiro atoms. The second kappa shape index (κ2) is 9.02. The van der Waals surface area contributed by atoms with Gasteiger partial charge in [0.2, 0.25) is 0 Å². The molecule has 0 saturated carbocycles. The fraction of sp³-hybridized carbons (Fsp3) is 0.462. The zero-order chi connectivity index (χ0) is 12.4. The van der Waals surface area contributed by atoms with Crippen molar-refractivity contribution in [1.29, 1.82) is 0 Å². The predicted molar refractivity (Wildman–Crippen MR) is 67.3 cm³/mol. The van der Waals surface area contributed by atoms with E-state index in [4.69, 9.17) is 12.6 Å². The van der Waals surface area contributed by atoms with E-state index in [-0.39, 0.29) is 11.9 Å². The van der Waals surface area contributed by atoms with Gasteiger partial charge in [-0.1, -0.05) is 57.4 Å². The van der Waals surface area contributed by atoms with Gasteiger partial charge in [0, 0.05) is 0 Å². The number of carbonyl (C=O) groups is 1. The minimum atomic E-state index is -0.149. The molecule has 1 aromatic carbocycles. The van der Waals surface area contributed by atoms with Crippen molar-refractivity contribution < 1.29 is 9.53 Å². The Morgan fingerprint density at radius 1 is 1.31 bits per heavy atom. The van der Waals surface area contributed by atoms with Crippen LogP contribution in [0.1, 0.15) is 26.3 Å². The van der Waals surface area contributed by atoms with Crippen LogP contribution in [0.15, 0.2) is 30.3 Å². The van der Waals surface area contributed by atoms with Crippen LogP contribution < -0.4 is 0 Å². The van der Waals surface area contributed by atoms with Crippen LogP contribution in [-0.4, -0.2) is 13.8 Å². The maximum Gasteiger partial charge on any atom is 0.308 e. The Balaban J connectivity index is 0.000000673. The van der Waals surface area contributed by atoms with Crippen molar-refractivity contribution in [2.24, 2.45) is 5.92 Å². The molecule has 0 aliphatic heterocycles. The average molecular weight is 218 g/mol. The molecule has 2 radical (unpaired) electrons. The number of hydrogen-bond donors (Lipinski definition) is 0. The van der Waals surface area contributed by atoms with Gasteiger partial charge in [0.05, 0.1) is 13.8 Å². The maximum atomic E-state index is 11.1. The highest BCUT2D eigenvalue weighted by Crippen LogP contribution is 2.03. The van der Waals surface area contributed by atoms with Crippen LogP contribution in [0.4, 0.5) is 0 Å². The van der Waals surface area contributed by atoms with Gasteiger partial charge < -0.3 is 4.74 Å². The van der Waals surface area contributed by atoms with Gasteiger partial charge in [0.25, 0.3) is 0 Å². The second-order valence-corrected chi connectivity index (χ2v) is 3.66. The van der Waals surface area contributed by atoms with Gasteiger partial charge in [0.15, 0.2) is 0 Å². The smallest absolute Gasteiger partial charge is 0.308 e. The van der Waals surface area contributed by atoms with Gasteiger partial charge in [-0.3, -0.25) is 4.79 Å². The van der Waals surface area contributed by atoms with Crippen LogP contribution in [0.5, 0.6) is 0 Å². The van der Waals surface area contributed by atoms with Crippen molar-refractivity contribution in [3.63, 3.8) is 0 Å². The molecule has 0 saturated heterocycles. The van der Waals surface area contributed by atoms with E-state index >= 15 is 0 Å². The van der Waals surface area contributed by atoms with E-state index in [0.29, 0.717) is 6.61 Å². The molecule has 0 atom stereocenters. The first-order chi connectivity index (χ1) is 7.61. The van der Waals surface area contributed by atoms with Gasteiger partial charge in [-0.2, -0.15) is 0 Å². The zero-order valence-electron chi connectivity index (χ0n) is 10.3. The van der Waals surface area contributed by atoms with Crippen LogP contribution in [0, 0.1) is 5.92 Å². The number of esters is 1. The highest BCUT2D eigenvalue weighted by molar-refractivity contribution is 6.08. The standard InChI is InChI=1S/C11H14O2.C2H5B/c1-9(2)11(12)13-8-10-6-4-3-5-7-10;1-2-3/h3-7,9H,8H2,1-2H3;2H2,1H3. The summed E-state index contributed by atoms with van der Waals surface area (Å²) in [5, 5.41) is 0. The highest BCUT2D eigenvalue weighted by atomic mass is 16.5. The van der Waals surface area contributed by atoms with Crippen molar-refractivity contribution >= 4 is 13.8 Å². The van der Waals surface area contributed by atoms with Crippen molar-refractivity contribution in [3.05, 3.63) is 35.9 Å². The Labute approximate surface area is 99.4 Å². The Bertz CT molecular complexity index is 283. The maximum absolute atomic E-state index is 11.1. The summed E-state index contributed by atoms with van der Waals surface area (Å²) in [5.41, 5.74) is 1.02. The Hall–Kier alpha value is -1.25. The first-order valence-corrected chi connectivity index (χ1v) is 5.52. The molecule has 0 amide bonds.